The fourth-order valence-corrected chi connectivity index (χ4v) is 3.00. The normalized spacial score (nSPS) is 17.0. The first-order valence-electron chi connectivity index (χ1n) is 7.42. The molecular weight excluding hydrogens is 270 g/mol. The van der Waals surface area contributed by atoms with Gasteiger partial charge in [-0.05, 0) is 32.6 Å². The second kappa shape index (κ2) is 6.39. The van der Waals surface area contributed by atoms with Crippen molar-refractivity contribution in [3.8, 4) is 0 Å². The van der Waals surface area contributed by atoms with E-state index < -0.39 is 17.8 Å². The van der Waals surface area contributed by atoms with Crippen LogP contribution in [0.25, 0.3) is 0 Å². The van der Waals surface area contributed by atoms with Gasteiger partial charge in [-0.3, -0.25) is 14.3 Å². The molecule has 1 aliphatic rings. The molecule has 1 unspecified atom stereocenters. The van der Waals surface area contributed by atoms with Crippen molar-refractivity contribution in [2.24, 2.45) is 13.0 Å². The summed E-state index contributed by atoms with van der Waals surface area (Å²) in [5.41, 5.74) is 1.57. The Morgan fingerprint density at radius 3 is 2.52 bits per heavy atom. The second-order valence-corrected chi connectivity index (χ2v) is 5.82. The highest BCUT2D eigenvalue weighted by Crippen LogP contribution is 2.27. The van der Waals surface area contributed by atoms with Gasteiger partial charge >= 0.3 is 0 Å². The Labute approximate surface area is 124 Å². The number of hydrogen-bond acceptors (Lipinski definition) is 4. The van der Waals surface area contributed by atoms with Crippen molar-refractivity contribution in [1.82, 2.24) is 15.1 Å². The van der Waals surface area contributed by atoms with Crippen LogP contribution < -0.4 is 5.32 Å². The Morgan fingerprint density at radius 1 is 1.38 bits per heavy atom. The number of carbonyl (C=O) groups is 2. The molecule has 116 valence electrons. The molecule has 1 saturated carbocycles. The van der Waals surface area contributed by atoms with Crippen LogP contribution in [0.3, 0.4) is 0 Å². The summed E-state index contributed by atoms with van der Waals surface area (Å²) in [6, 6.07) is 0. The van der Waals surface area contributed by atoms with Crippen LogP contribution in [0.2, 0.25) is 0 Å². The topological polar surface area (TPSA) is 84.2 Å². The van der Waals surface area contributed by atoms with Crippen molar-refractivity contribution >= 4 is 11.7 Å². The first-order valence-corrected chi connectivity index (χ1v) is 7.42. The van der Waals surface area contributed by atoms with E-state index in [-0.39, 0.29) is 12.5 Å². The number of aliphatic hydroxyl groups excluding tert-OH is 1. The molecule has 1 aromatic rings. The zero-order valence-corrected chi connectivity index (χ0v) is 12.8. The van der Waals surface area contributed by atoms with E-state index in [4.69, 9.17) is 0 Å². The fourth-order valence-electron chi connectivity index (χ4n) is 3.00. The number of aromatic nitrogens is 2. The van der Waals surface area contributed by atoms with Crippen molar-refractivity contribution in [2.45, 2.75) is 45.6 Å². The first-order chi connectivity index (χ1) is 9.91. The summed E-state index contributed by atoms with van der Waals surface area (Å²) in [7, 11) is 1.74. The van der Waals surface area contributed by atoms with Gasteiger partial charge in [-0.25, -0.2) is 0 Å². The predicted molar refractivity (Wildman–Crippen MR) is 78.0 cm³/mol. The van der Waals surface area contributed by atoms with E-state index >= 15 is 0 Å². The molecule has 0 spiro atoms. The van der Waals surface area contributed by atoms with Gasteiger partial charge in [0.1, 0.15) is 0 Å². The molecule has 2 rings (SSSR count). The Morgan fingerprint density at radius 2 is 2.00 bits per heavy atom. The van der Waals surface area contributed by atoms with E-state index in [1.165, 1.54) is 0 Å². The molecule has 6 nitrogen and oxygen atoms in total. The van der Waals surface area contributed by atoms with E-state index in [0.717, 1.165) is 25.7 Å². The second-order valence-electron chi connectivity index (χ2n) is 5.82. The quantitative estimate of drug-likeness (QED) is 0.623. The molecule has 1 aromatic heterocycles. The van der Waals surface area contributed by atoms with Crippen molar-refractivity contribution in [3.05, 3.63) is 17.0 Å². The standard InChI is InChI=1S/C15H23N3O3/c1-9-13(10(2)18(3)17-9)14(20)15(21)16-8-12(19)11-6-4-5-7-11/h11-12,19H,4-8H2,1-3H3,(H,16,21). The molecule has 21 heavy (non-hydrogen) atoms. The van der Waals surface area contributed by atoms with Gasteiger partial charge in [0.15, 0.2) is 0 Å². The minimum Gasteiger partial charge on any atom is -0.391 e. The number of ketones is 1. The minimum absolute atomic E-state index is 0.133. The van der Waals surface area contributed by atoms with Gasteiger partial charge in [-0.2, -0.15) is 5.10 Å². The smallest absolute Gasteiger partial charge is 0.292 e. The van der Waals surface area contributed by atoms with Gasteiger partial charge < -0.3 is 10.4 Å². The lowest BCUT2D eigenvalue weighted by Gasteiger charge is -2.17. The van der Waals surface area contributed by atoms with Gasteiger partial charge in [0, 0.05) is 19.3 Å². The molecule has 0 aromatic carbocycles. The number of hydrogen-bond donors (Lipinski definition) is 2. The third-order valence-electron chi connectivity index (χ3n) is 4.36. The average Bonchev–Trinajstić information content (AvgIpc) is 3.05. The molecule has 1 aliphatic carbocycles. The fraction of sp³-hybridized carbons (Fsp3) is 0.667. The Bertz CT molecular complexity index is 545. The molecule has 0 saturated heterocycles. The number of amides is 1. The van der Waals surface area contributed by atoms with Crippen LogP contribution in [-0.2, 0) is 11.8 Å². The third-order valence-corrected chi connectivity index (χ3v) is 4.36. The monoisotopic (exact) mass is 293 g/mol. The van der Waals surface area contributed by atoms with E-state index in [2.05, 4.69) is 10.4 Å². The van der Waals surface area contributed by atoms with Gasteiger partial charge in [-0.15, -0.1) is 0 Å². The number of rotatable bonds is 5. The van der Waals surface area contributed by atoms with Crippen LogP contribution in [0, 0.1) is 19.8 Å². The number of carbonyl (C=O) groups excluding carboxylic acids is 2. The summed E-state index contributed by atoms with van der Waals surface area (Å²) >= 11 is 0. The predicted octanol–water partition coefficient (Wildman–Crippen LogP) is 0.887. The largest absolute Gasteiger partial charge is 0.391 e. The first kappa shape index (κ1) is 15.7. The van der Waals surface area contributed by atoms with Crippen LogP contribution in [0.1, 0.15) is 47.4 Å². The molecule has 0 radical (unpaired) electrons. The summed E-state index contributed by atoms with van der Waals surface area (Å²) in [4.78, 5) is 24.2. The van der Waals surface area contributed by atoms with Crippen LogP contribution >= 0.6 is 0 Å². The Kier molecular flexibility index (Phi) is 4.77. The SMILES string of the molecule is Cc1nn(C)c(C)c1C(=O)C(=O)NCC(O)C1CCCC1. The number of nitrogens with one attached hydrogen (secondary N) is 1. The van der Waals surface area contributed by atoms with Crippen molar-refractivity contribution in [2.75, 3.05) is 6.54 Å². The van der Waals surface area contributed by atoms with Crippen molar-refractivity contribution < 1.29 is 14.7 Å². The summed E-state index contributed by atoms with van der Waals surface area (Å²) in [6.07, 6.45) is 3.67. The molecule has 6 heteroatoms. The molecule has 1 heterocycles. The maximum Gasteiger partial charge on any atom is 0.292 e. The van der Waals surface area contributed by atoms with Gasteiger partial charge in [0.25, 0.3) is 11.7 Å². The summed E-state index contributed by atoms with van der Waals surface area (Å²) in [5, 5.41) is 16.7. The number of aliphatic hydroxyl groups is 1. The molecular formula is C15H23N3O3. The van der Waals surface area contributed by atoms with Gasteiger partial charge in [0.05, 0.1) is 17.4 Å². The average molecular weight is 293 g/mol. The molecule has 0 aliphatic heterocycles. The summed E-state index contributed by atoms with van der Waals surface area (Å²) in [5.74, 6) is -1.02. The summed E-state index contributed by atoms with van der Waals surface area (Å²) in [6.45, 7) is 3.60. The van der Waals surface area contributed by atoms with Crippen LogP contribution in [-0.4, -0.2) is 39.2 Å². The molecule has 1 amide bonds. The van der Waals surface area contributed by atoms with Crippen LogP contribution in [0.4, 0.5) is 0 Å². The minimum atomic E-state index is -0.675. The van der Waals surface area contributed by atoms with E-state index in [9.17, 15) is 14.7 Å². The zero-order chi connectivity index (χ0) is 15.6. The highest BCUT2D eigenvalue weighted by Gasteiger charge is 2.27. The number of aryl methyl sites for hydroxylation is 2. The van der Waals surface area contributed by atoms with Crippen molar-refractivity contribution in [1.29, 1.82) is 0 Å². The Hall–Kier alpha value is -1.69. The lowest BCUT2D eigenvalue weighted by molar-refractivity contribution is -0.117. The zero-order valence-electron chi connectivity index (χ0n) is 12.8. The molecule has 2 N–H and O–H groups in total. The lowest BCUT2D eigenvalue weighted by atomic mass is 10.0. The van der Waals surface area contributed by atoms with Gasteiger partial charge in [0.2, 0.25) is 0 Å². The molecule has 0 bridgehead atoms. The Balaban J connectivity index is 1.95. The number of nitrogens with zero attached hydrogens (tertiary/aromatic N) is 2. The van der Waals surface area contributed by atoms with Crippen molar-refractivity contribution in [3.63, 3.8) is 0 Å². The van der Waals surface area contributed by atoms with E-state index in [1.807, 2.05) is 0 Å². The maximum atomic E-state index is 12.2. The summed E-state index contributed by atoms with van der Waals surface area (Å²) < 4.78 is 1.59. The van der Waals surface area contributed by atoms with Gasteiger partial charge in [-0.1, -0.05) is 12.8 Å². The maximum absolute atomic E-state index is 12.2. The number of Topliss-reactive ketones (excluding diaryl/α,β-unsaturated/α-hetero) is 1. The van der Waals surface area contributed by atoms with Crippen LogP contribution in [0.5, 0.6) is 0 Å². The molecule has 1 atom stereocenters. The highest BCUT2D eigenvalue weighted by atomic mass is 16.3. The lowest BCUT2D eigenvalue weighted by Crippen LogP contribution is -2.39. The third kappa shape index (κ3) is 3.32. The van der Waals surface area contributed by atoms with Crippen LogP contribution in [0.15, 0.2) is 0 Å². The highest BCUT2D eigenvalue weighted by molar-refractivity contribution is 6.43. The molecule has 1 fully saturated rings. The van der Waals surface area contributed by atoms with E-state index in [0.29, 0.717) is 17.0 Å². The van der Waals surface area contributed by atoms with E-state index in [1.54, 1.807) is 25.6 Å².